The monoisotopic (exact) mass is 299 g/mol. The number of benzene rings is 2. The Morgan fingerprint density at radius 2 is 1.81 bits per heavy atom. The summed E-state index contributed by atoms with van der Waals surface area (Å²) in [5.41, 5.74) is 1.76. The standard InChI is InChI=1S/C16H10ClNO3/c17-13-8-14(9-4-6-10(19)7-5-9)18-15-11(13)2-1-3-12(15)16(20)21/h1-8,19H,(H,20,21). The molecule has 21 heavy (non-hydrogen) atoms. The molecule has 2 aromatic carbocycles. The Bertz CT molecular complexity index is 844. The van der Waals surface area contributed by atoms with E-state index in [9.17, 15) is 15.0 Å². The predicted octanol–water partition coefficient (Wildman–Crippen LogP) is 3.96. The van der Waals surface area contributed by atoms with Gasteiger partial charge in [0.05, 0.1) is 21.8 Å². The molecule has 0 radical (unpaired) electrons. The van der Waals surface area contributed by atoms with Crippen molar-refractivity contribution in [2.75, 3.05) is 0 Å². The van der Waals surface area contributed by atoms with E-state index in [2.05, 4.69) is 4.98 Å². The molecular weight excluding hydrogens is 290 g/mol. The molecule has 3 rings (SSSR count). The second kappa shape index (κ2) is 5.07. The molecule has 0 amide bonds. The molecule has 0 saturated heterocycles. The Balaban J connectivity index is 2.28. The van der Waals surface area contributed by atoms with Gasteiger partial charge in [0, 0.05) is 10.9 Å². The first-order valence-electron chi connectivity index (χ1n) is 6.18. The Morgan fingerprint density at radius 1 is 1.10 bits per heavy atom. The van der Waals surface area contributed by atoms with Crippen LogP contribution in [0, 0.1) is 0 Å². The van der Waals surface area contributed by atoms with Crippen molar-refractivity contribution >= 4 is 28.5 Å². The van der Waals surface area contributed by atoms with E-state index in [-0.39, 0.29) is 11.3 Å². The summed E-state index contributed by atoms with van der Waals surface area (Å²) in [6.07, 6.45) is 0. The molecule has 1 aromatic heterocycles. The second-order valence-electron chi connectivity index (χ2n) is 4.54. The molecule has 104 valence electrons. The molecular formula is C16H10ClNO3. The van der Waals surface area contributed by atoms with Crippen molar-refractivity contribution in [1.82, 2.24) is 4.98 Å². The van der Waals surface area contributed by atoms with Crippen molar-refractivity contribution in [3.05, 3.63) is 59.1 Å². The van der Waals surface area contributed by atoms with E-state index in [4.69, 9.17) is 11.6 Å². The third-order valence-corrected chi connectivity index (χ3v) is 3.50. The zero-order chi connectivity index (χ0) is 15.0. The van der Waals surface area contributed by atoms with Crippen LogP contribution in [0.25, 0.3) is 22.2 Å². The minimum atomic E-state index is -1.05. The first kappa shape index (κ1) is 13.4. The van der Waals surface area contributed by atoms with E-state index in [0.717, 1.165) is 5.56 Å². The fourth-order valence-electron chi connectivity index (χ4n) is 2.16. The Hall–Kier alpha value is -2.59. The molecule has 0 unspecified atom stereocenters. The Kier molecular flexibility index (Phi) is 3.23. The SMILES string of the molecule is O=C(O)c1cccc2c(Cl)cc(-c3ccc(O)cc3)nc12. The average Bonchev–Trinajstić information content (AvgIpc) is 2.47. The van der Waals surface area contributed by atoms with Crippen LogP contribution < -0.4 is 0 Å². The molecule has 0 aliphatic heterocycles. The molecule has 0 saturated carbocycles. The van der Waals surface area contributed by atoms with E-state index < -0.39 is 5.97 Å². The van der Waals surface area contributed by atoms with Gasteiger partial charge in [0.1, 0.15) is 5.75 Å². The molecule has 2 N–H and O–H groups in total. The van der Waals surface area contributed by atoms with Gasteiger partial charge in [-0.1, -0.05) is 23.7 Å². The third-order valence-electron chi connectivity index (χ3n) is 3.18. The highest BCUT2D eigenvalue weighted by atomic mass is 35.5. The third kappa shape index (κ3) is 2.41. The zero-order valence-corrected chi connectivity index (χ0v) is 11.5. The first-order chi connectivity index (χ1) is 10.1. The minimum Gasteiger partial charge on any atom is -0.508 e. The normalized spacial score (nSPS) is 10.7. The van der Waals surface area contributed by atoms with Gasteiger partial charge in [-0.2, -0.15) is 0 Å². The number of rotatable bonds is 2. The lowest BCUT2D eigenvalue weighted by atomic mass is 10.1. The van der Waals surface area contributed by atoms with Gasteiger partial charge in [-0.15, -0.1) is 0 Å². The Labute approximate surface area is 125 Å². The number of fused-ring (bicyclic) bond motifs is 1. The van der Waals surface area contributed by atoms with Crippen molar-refractivity contribution in [3.63, 3.8) is 0 Å². The highest BCUT2D eigenvalue weighted by Gasteiger charge is 2.13. The van der Waals surface area contributed by atoms with Crippen molar-refractivity contribution in [3.8, 4) is 17.0 Å². The quantitative estimate of drug-likeness (QED) is 0.751. The van der Waals surface area contributed by atoms with Crippen LogP contribution in [-0.2, 0) is 0 Å². The molecule has 1 heterocycles. The summed E-state index contributed by atoms with van der Waals surface area (Å²) in [5, 5.41) is 19.6. The fraction of sp³-hybridized carbons (Fsp3) is 0. The van der Waals surface area contributed by atoms with Gasteiger partial charge < -0.3 is 10.2 Å². The number of halogens is 1. The average molecular weight is 300 g/mol. The van der Waals surface area contributed by atoms with Gasteiger partial charge in [0.2, 0.25) is 0 Å². The molecule has 3 aromatic rings. The summed E-state index contributed by atoms with van der Waals surface area (Å²) < 4.78 is 0. The van der Waals surface area contributed by atoms with Gasteiger partial charge in [-0.05, 0) is 36.4 Å². The smallest absolute Gasteiger partial charge is 0.337 e. The molecule has 0 atom stereocenters. The predicted molar refractivity (Wildman–Crippen MR) is 80.8 cm³/mol. The maximum Gasteiger partial charge on any atom is 0.337 e. The molecule has 0 aliphatic rings. The van der Waals surface area contributed by atoms with Crippen molar-refractivity contribution in [2.45, 2.75) is 0 Å². The minimum absolute atomic E-state index is 0.107. The van der Waals surface area contributed by atoms with Gasteiger partial charge in [-0.3, -0.25) is 0 Å². The van der Waals surface area contributed by atoms with Crippen molar-refractivity contribution in [1.29, 1.82) is 0 Å². The molecule has 0 aliphatic carbocycles. The summed E-state index contributed by atoms with van der Waals surface area (Å²) in [4.78, 5) is 15.7. The highest BCUT2D eigenvalue weighted by Crippen LogP contribution is 2.30. The molecule has 0 spiro atoms. The topological polar surface area (TPSA) is 70.4 Å². The number of carboxylic acids is 1. The van der Waals surface area contributed by atoms with Crippen LogP contribution in [-0.4, -0.2) is 21.2 Å². The van der Waals surface area contributed by atoms with E-state index in [1.165, 1.54) is 18.2 Å². The highest BCUT2D eigenvalue weighted by molar-refractivity contribution is 6.36. The van der Waals surface area contributed by atoms with Crippen LogP contribution in [0.3, 0.4) is 0 Å². The number of carboxylic acid groups (broad SMARTS) is 1. The number of hydrogen-bond acceptors (Lipinski definition) is 3. The second-order valence-corrected chi connectivity index (χ2v) is 4.95. The van der Waals surface area contributed by atoms with Crippen LogP contribution in [0.1, 0.15) is 10.4 Å². The number of aromatic carboxylic acids is 1. The fourth-order valence-corrected chi connectivity index (χ4v) is 2.42. The largest absolute Gasteiger partial charge is 0.508 e. The van der Waals surface area contributed by atoms with Crippen molar-refractivity contribution in [2.24, 2.45) is 0 Å². The van der Waals surface area contributed by atoms with E-state index in [1.807, 2.05) is 0 Å². The van der Waals surface area contributed by atoms with Crippen molar-refractivity contribution < 1.29 is 15.0 Å². The number of para-hydroxylation sites is 1. The lowest BCUT2D eigenvalue weighted by Gasteiger charge is -2.08. The van der Waals surface area contributed by atoms with E-state index in [0.29, 0.717) is 21.6 Å². The summed E-state index contributed by atoms with van der Waals surface area (Å²) in [6.45, 7) is 0. The number of aromatic nitrogens is 1. The van der Waals surface area contributed by atoms with Gasteiger partial charge in [0.25, 0.3) is 0 Å². The maximum atomic E-state index is 11.3. The van der Waals surface area contributed by atoms with E-state index in [1.54, 1.807) is 30.3 Å². The molecule has 0 fully saturated rings. The van der Waals surface area contributed by atoms with Crippen LogP contribution >= 0.6 is 11.6 Å². The number of nitrogens with zero attached hydrogens (tertiary/aromatic N) is 1. The van der Waals surface area contributed by atoms with Gasteiger partial charge >= 0.3 is 5.97 Å². The number of phenolic OH excluding ortho intramolecular Hbond substituents is 1. The lowest BCUT2D eigenvalue weighted by Crippen LogP contribution is -1.99. The zero-order valence-electron chi connectivity index (χ0n) is 10.7. The number of hydrogen-bond donors (Lipinski definition) is 2. The van der Waals surface area contributed by atoms with Gasteiger partial charge in [-0.25, -0.2) is 9.78 Å². The van der Waals surface area contributed by atoms with Crippen LogP contribution in [0.4, 0.5) is 0 Å². The van der Waals surface area contributed by atoms with E-state index >= 15 is 0 Å². The van der Waals surface area contributed by atoms with Crippen LogP contribution in [0.15, 0.2) is 48.5 Å². The number of phenols is 1. The van der Waals surface area contributed by atoms with Crippen LogP contribution in [0.2, 0.25) is 5.02 Å². The first-order valence-corrected chi connectivity index (χ1v) is 6.56. The molecule has 5 heteroatoms. The summed E-state index contributed by atoms with van der Waals surface area (Å²) in [5.74, 6) is -0.899. The number of pyridine rings is 1. The summed E-state index contributed by atoms with van der Waals surface area (Å²) >= 11 is 6.24. The maximum absolute atomic E-state index is 11.3. The number of aromatic hydroxyl groups is 1. The molecule has 4 nitrogen and oxygen atoms in total. The van der Waals surface area contributed by atoms with Crippen LogP contribution in [0.5, 0.6) is 5.75 Å². The summed E-state index contributed by atoms with van der Waals surface area (Å²) in [7, 11) is 0. The summed E-state index contributed by atoms with van der Waals surface area (Å²) in [6, 6.07) is 13.0. The van der Waals surface area contributed by atoms with Gasteiger partial charge in [0.15, 0.2) is 0 Å². The molecule has 0 bridgehead atoms. The lowest BCUT2D eigenvalue weighted by molar-refractivity contribution is 0.0699. The number of carbonyl (C=O) groups is 1. The Morgan fingerprint density at radius 3 is 2.48 bits per heavy atom.